The van der Waals surface area contributed by atoms with E-state index in [9.17, 15) is 4.79 Å². The minimum absolute atomic E-state index is 0.187. The van der Waals surface area contributed by atoms with Gasteiger partial charge in [-0.2, -0.15) is 0 Å². The summed E-state index contributed by atoms with van der Waals surface area (Å²) in [5.41, 5.74) is 4.89. The molecule has 1 N–H and O–H groups in total. The number of hydrogen-bond acceptors (Lipinski definition) is 3. The predicted octanol–water partition coefficient (Wildman–Crippen LogP) is 4.78. The Morgan fingerprint density at radius 3 is 2.50 bits per heavy atom. The van der Waals surface area contributed by atoms with Crippen molar-refractivity contribution in [3.63, 3.8) is 0 Å². The Morgan fingerprint density at radius 2 is 1.75 bits per heavy atom. The fourth-order valence-corrected chi connectivity index (χ4v) is 3.11. The molecule has 0 unspecified atom stereocenters. The average Bonchev–Trinajstić information content (AvgIpc) is 3.03. The number of nitrogens with one attached hydrogen (secondary N) is 1. The van der Waals surface area contributed by atoms with Gasteiger partial charge in [0, 0.05) is 11.9 Å². The molecule has 2 aromatic heterocycles. The highest BCUT2D eigenvalue weighted by atomic mass is 16.5. The predicted molar refractivity (Wildman–Crippen MR) is 110 cm³/mol. The van der Waals surface area contributed by atoms with Crippen LogP contribution in [-0.2, 0) is 6.61 Å². The maximum Gasteiger partial charge on any atom is 0.274 e. The van der Waals surface area contributed by atoms with Gasteiger partial charge in [0.25, 0.3) is 5.91 Å². The molecule has 4 aromatic rings. The lowest BCUT2D eigenvalue weighted by molar-refractivity contribution is 0.102. The fourth-order valence-electron chi connectivity index (χ4n) is 3.11. The Balaban J connectivity index is 1.46. The maximum absolute atomic E-state index is 12.8. The minimum Gasteiger partial charge on any atom is -0.489 e. The van der Waals surface area contributed by atoms with E-state index in [0.717, 1.165) is 22.5 Å². The van der Waals surface area contributed by atoms with Crippen molar-refractivity contribution in [3.8, 4) is 5.75 Å². The molecule has 0 atom stereocenters. The van der Waals surface area contributed by atoms with Crippen LogP contribution >= 0.6 is 0 Å². The molecule has 2 heterocycles. The Kier molecular flexibility index (Phi) is 4.81. The number of aryl methyl sites for hydroxylation is 2. The SMILES string of the molecule is Cc1ccc2nc(C)c(C(=O)Nc3ccc(OCc4ccccc4)cc3)n2c1. The largest absolute Gasteiger partial charge is 0.489 e. The Bertz CT molecular complexity index is 1120. The third-order valence-electron chi connectivity index (χ3n) is 4.52. The summed E-state index contributed by atoms with van der Waals surface area (Å²) in [6.07, 6.45) is 1.92. The molecule has 28 heavy (non-hydrogen) atoms. The molecule has 140 valence electrons. The molecule has 1 amide bonds. The Labute approximate surface area is 163 Å². The second kappa shape index (κ2) is 7.56. The fraction of sp³-hybridized carbons (Fsp3) is 0.130. The first-order valence-electron chi connectivity index (χ1n) is 9.13. The zero-order chi connectivity index (χ0) is 19.5. The van der Waals surface area contributed by atoms with Crippen LogP contribution in [0.2, 0.25) is 0 Å². The number of pyridine rings is 1. The number of anilines is 1. The van der Waals surface area contributed by atoms with Gasteiger partial charge in [-0.1, -0.05) is 36.4 Å². The van der Waals surface area contributed by atoms with Crippen molar-refractivity contribution in [2.75, 3.05) is 5.32 Å². The standard InChI is InChI=1S/C23H21N3O2/c1-16-8-13-21-24-17(2)22(26(21)14-16)23(27)25-19-9-11-20(12-10-19)28-15-18-6-4-3-5-7-18/h3-14H,15H2,1-2H3,(H,25,27). The molecule has 0 aliphatic heterocycles. The van der Waals surface area contributed by atoms with Gasteiger partial charge in [-0.25, -0.2) is 4.98 Å². The van der Waals surface area contributed by atoms with E-state index < -0.39 is 0 Å². The van der Waals surface area contributed by atoms with E-state index in [-0.39, 0.29) is 5.91 Å². The van der Waals surface area contributed by atoms with E-state index >= 15 is 0 Å². The molecule has 2 aromatic carbocycles. The van der Waals surface area contributed by atoms with Gasteiger partial charge in [0.2, 0.25) is 0 Å². The van der Waals surface area contributed by atoms with Crippen LogP contribution in [0.5, 0.6) is 5.75 Å². The van der Waals surface area contributed by atoms with E-state index in [4.69, 9.17) is 4.74 Å². The van der Waals surface area contributed by atoms with Crippen molar-refractivity contribution in [2.24, 2.45) is 0 Å². The van der Waals surface area contributed by atoms with Gasteiger partial charge in [-0.05, 0) is 55.3 Å². The molecule has 0 saturated heterocycles. The van der Waals surface area contributed by atoms with Gasteiger partial charge in [-0.3, -0.25) is 9.20 Å². The van der Waals surface area contributed by atoms with Crippen molar-refractivity contribution in [3.05, 3.63) is 95.4 Å². The number of ether oxygens (including phenoxy) is 1. The Hall–Kier alpha value is -3.60. The van der Waals surface area contributed by atoms with E-state index in [2.05, 4.69) is 10.3 Å². The summed E-state index contributed by atoms with van der Waals surface area (Å²) in [5, 5.41) is 2.94. The minimum atomic E-state index is -0.187. The molecular weight excluding hydrogens is 350 g/mol. The number of carbonyl (C=O) groups excluding carboxylic acids is 1. The number of nitrogens with zero attached hydrogens (tertiary/aromatic N) is 2. The van der Waals surface area contributed by atoms with Gasteiger partial charge in [0.15, 0.2) is 0 Å². The topological polar surface area (TPSA) is 55.6 Å². The molecule has 4 rings (SSSR count). The van der Waals surface area contributed by atoms with Crippen molar-refractivity contribution in [1.29, 1.82) is 0 Å². The molecule has 0 aliphatic rings. The summed E-state index contributed by atoms with van der Waals surface area (Å²) in [6.45, 7) is 4.34. The number of imidazole rings is 1. The van der Waals surface area contributed by atoms with Crippen LogP contribution in [0.4, 0.5) is 5.69 Å². The first-order valence-corrected chi connectivity index (χ1v) is 9.13. The lowest BCUT2D eigenvalue weighted by Gasteiger charge is -2.09. The number of hydrogen-bond donors (Lipinski definition) is 1. The van der Waals surface area contributed by atoms with Gasteiger partial charge >= 0.3 is 0 Å². The monoisotopic (exact) mass is 371 g/mol. The summed E-state index contributed by atoms with van der Waals surface area (Å²) in [7, 11) is 0. The second-order valence-corrected chi connectivity index (χ2v) is 6.73. The number of fused-ring (bicyclic) bond motifs is 1. The number of carbonyl (C=O) groups is 1. The van der Waals surface area contributed by atoms with E-state index in [1.54, 1.807) is 0 Å². The highest BCUT2D eigenvalue weighted by Gasteiger charge is 2.16. The smallest absolute Gasteiger partial charge is 0.274 e. The summed E-state index contributed by atoms with van der Waals surface area (Å²) < 4.78 is 7.62. The molecule has 5 nitrogen and oxygen atoms in total. The molecule has 0 spiro atoms. The van der Waals surface area contributed by atoms with Crippen molar-refractivity contribution < 1.29 is 9.53 Å². The maximum atomic E-state index is 12.8. The highest BCUT2D eigenvalue weighted by molar-refractivity contribution is 6.04. The molecule has 0 aliphatic carbocycles. The van der Waals surface area contributed by atoms with Crippen LogP contribution in [-0.4, -0.2) is 15.3 Å². The lowest BCUT2D eigenvalue weighted by atomic mass is 10.2. The molecule has 5 heteroatoms. The van der Waals surface area contributed by atoms with Crippen LogP contribution in [0.15, 0.2) is 72.9 Å². The molecular formula is C23H21N3O2. The summed E-state index contributed by atoms with van der Waals surface area (Å²) >= 11 is 0. The summed E-state index contributed by atoms with van der Waals surface area (Å²) in [4.78, 5) is 17.3. The van der Waals surface area contributed by atoms with Crippen molar-refractivity contribution in [2.45, 2.75) is 20.5 Å². The van der Waals surface area contributed by atoms with E-state index in [1.807, 2.05) is 91.2 Å². The first-order chi connectivity index (χ1) is 13.6. The lowest BCUT2D eigenvalue weighted by Crippen LogP contribution is -2.15. The zero-order valence-corrected chi connectivity index (χ0v) is 15.8. The third-order valence-corrected chi connectivity index (χ3v) is 4.52. The first kappa shape index (κ1) is 17.8. The van der Waals surface area contributed by atoms with Crippen LogP contribution in [0.25, 0.3) is 5.65 Å². The van der Waals surface area contributed by atoms with Crippen LogP contribution in [0.3, 0.4) is 0 Å². The zero-order valence-electron chi connectivity index (χ0n) is 15.8. The average molecular weight is 371 g/mol. The summed E-state index contributed by atoms with van der Waals surface area (Å²) in [6, 6.07) is 21.3. The van der Waals surface area contributed by atoms with Crippen LogP contribution < -0.4 is 10.1 Å². The molecule has 0 radical (unpaired) electrons. The number of aromatic nitrogens is 2. The highest BCUT2D eigenvalue weighted by Crippen LogP contribution is 2.19. The van der Waals surface area contributed by atoms with Crippen LogP contribution in [0.1, 0.15) is 27.3 Å². The summed E-state index contributed by atoms with van der Waals surface area (Å²) in [5.74, 6) is 0.567. The van der Waals surface area contributed by atoms with Gasteiger partial charge in [0.1, 0.15) is 23.7 Å². The third kappa shape index (κ3) is 3.74. The molecule has 0 bridgehead atoms. The van der Waals surface area contributed by atoms with Gasteiger partial charge < -0.3 is 10.1 Å². The number of benzene rings is 2. The second-order valence-electron chi connectivity index (χ2n) is 6.73. The quantitative estimate of drug-likeness (QED) is 0.549. The van der Waals surface area contributed by atoms with Gasteiger partial charge in [0.05, 0.1) is 5.69 Å². The normalized spacial score (nSPS) is 10.8. The number of rotatable bonds is 5. The Morgan fingerprint density at radius 1 is 1.00 bits per heavy atom. The molecule has 0 saturated carbocycles. The van der Waals surface area contributed by atoms with E-state index in [0.29, 0.717) is 23.7 Å². The van der Waals surface area contributed by atoms with Crippen molar-refractivity contribution in [1.82, 2.24) is 9.38 Å². The molecule has 0 fully saturated rings. The van der Waals surface area contributed by atoms with Gasteiger partial charge in [-0.15, -0.1) is 0 Å². The van der Waals surface area contributed by atoms with Crippen LogP contribution in [0, 0.1) is 13.8 Å². The number of amides is 1. The van der Waals surface area contributed by atoms with E-state index in [1.165, 1.54) is 0 Å². The van der Waals surface area contributed by atoms with Crippen molar-refractivity contribution >= 4 is 17.2 Å².